The zero-order valence-electron chi connectivity index (χ0n) is 11.4. The first-order valence-electron chi connectivity index (χ1n) is 6.55. The van der Waals surface area contributed by atoms with Gasteiger partial charge in [-0.05, 0) is 44.3 Å². The number of hydrogen-bond acceptors (Lipinski definition) is 3. The van der Waals surface area contributed by atoms with Crippen molar-refractivity contribution >= 4 is 15.9 Å². The van der Waals surface area contributed by atoms with Crippen molar-refractivity contribution < 1.29 is 4.39 Å². The molecule has 2 atom stereocenters. The topological polar surface area (TPSA) is 32.5 Å². The fourth-order valence-electron chi connectivity index (χ4n) is 2.60. The third-order valence-corrected chi connectivity index (χ3v) is 4.63. The predicted molar refractivity (Wildman–Crippen MR) is 79.7 cm³/mol. The number of benzene rings is 1. The normalized spacial score (nSPS) is 23.5. The van der Waals surface area contributed by atoms with E-state index in [-0.39, 0.29) is 11.9 Å². The maximum atomic E-state index is 13.3. The van der Waals surface area contributed by atoms with E-state index in [0.29, 0.717) is 12.5 Å². The lowest BCUT2D eigenvalue weighted by Gasteiger charge is -2.40. The van der Waals surface area contributed by atoms with Gasteiger partial charge in [-0.1, -0.05) is 15.9 Å². The van der Waals surface area contributed by atoms with E-state index in [1.807, 2.05) is 0 Å². The summed E-state index contributed by atoms with van der Waals surface area (Å²) in [6.45, 7) is 3.06. The molecule has 5 heteroatoms. The van der Waals surface area contributed by atoms with Gasteiger partial charge in [-0.25, -0.2) is 4.39 Å². The highest BCUT2D eigenvalue weighted by molar-refractivity contribution is 9.10. The van der Waals surface area contributed by atoms with E-state index < -0.39 is 0 Å². The Balaban J connectivity index is 2.07. The highest BCUT2D eigenvalue weighted by Crippen LogP contribution is 2.21. The van der Waals surface area contributed by atoms with E-state index >= 15 is 0 Å². The molecular weight excluding hydrogens is 309 g/mol. The average molecular weight is 330 g/mol. The van der Waals surface area contributed by atoms with E-state index in [0.717, 1.165) is 29.7 Å². The molecule has 0 saturated carbocycles. The molecule has 1 aliphatic rings. The lowest BCUT2D eigenvalue weighted by atomic mass is 9.97. The minimum atomic E-state index is -0.209. The third kappa shape index (κ3) is 3.75. The van der Waals surface area contributed by atoms with Gasteiger partial charge in [-0.15, -0.1) is 0 Å². The van der Waals surface area contributed by atoms with Crippen molar-refractivity contribution in [3.05, 3.63) is 34.1 Å². The Labute approximate surface area is 122 Å². The number of nitrogens with zero attached hydrogens (tertiary/aromatic N) is 2. The smallest absolute Gasteiger partial charge is 0.123 e. The van der Waals surface area contributed by atoms with Gasteiger partial charge in [0, 0.05) is 36.2 Å². The van der Waals surface area contributed by atoms with Gasteiger partial charge in [0.15, 0.2) is 0 Å². The summed E-state index contributed by atoms with van der Waals surface area (Å²) < 4.78 is 14.2. The average Bonchev–Trinajstić information content (AvgIpc) is 2.36. The summed E-state index contributed by atoms with van der Waals surface area (Å²) in [4.78, 5) is 4.60. The molecule has 1 saturated heterocycles. The maximum absolute atomic E-state index is 13.3. The van der Waals surface area contributed by atoms with Gasteiger partial charge in [0.1, 0.15) is 5.82 Å². The number of likely N-dealkylation sites (N-methyl/N-ethyl adjacent to an activating group) is 2. The number of halogens is 2. The Kier molecular flexibility index (Phi) is 4.95. The summed E-state index contributed by atoms with van der Waals surface area (Å²) in [5, 5.41) is 0. The van der Waals surface area contributed by atoms with Crippen LogP contribution >= 0.6 is 15.9 Å². The molecule has 0 bridgehead atoms. The second-order valence-electron chi connectivity index (χ2n) is 5.41. The molecule has 2 unspecified atom stereocenters. The lowest BCUT2D eigenvalue weighted by Crippen LogP contribution is -2.58. The number of rotatable bonds is 3. The fraction of sp³-hybridized carbons (Fsp3) is 0.571. The molecule has 1 aromatic rings. The van der Waals surface area contributed by atoms with Gasteiger partial charge in [-0.2, -0.15) is 0 Å². The monoisotopic (exact) mass is 329 g/mol. The van der Waals surface area contributed by atoms with E-state index in [4.69, 9.17) is 5.73 Å². The molecular formula is C14H21BrFN3. The third-order valence-electron chi connectivity index (χ3n) is 3.86. The van der Waals surface area contributed by atoms with Crippen molar-refractivity contribution in [1.82, 2.24) is 9.80 Å². The Morgan fingerprint density at radius 1 is 1.42 bits per heavy atom. The first-order chi connectivity index (χ1) is 8.97. The molecule has 0 amide bonds. The highest BCUT2D eigenvalue weighted by Gasteiger charge is 2.27. The zero-order chi connectivity index (χ0) is 14.0. The summed E-state index contributed by atoms with van der Waals surface area (Å²) in [5.74, 6) is -0.209. The maximum Gasteiger partial charge on any atom is 0.123 e. The number of hydrogen-bond donors (Lipinski definition) is 1. The second kappa shape index (κ2) is 6.31. The molecule has 1 aromatic carbocycles. The van der Waals surface area contributed by atoms with Crippen LogP contribution in [0.5, 0.6) is 0 Å². The highest BCUT2D eigenvalue weighted by atomic mass is 79.9. The zero-order valence-corrected chi connectivity index (χ0v) is 13.0. The molecule has 1 aliphatic heterocycles. The van der Waals surface area contributed by atoms with Crippen molar-refractivity contribution in [3.63, 3.8) is 0 Å². The summed E-state index contributed by atoms with van der Waals surface area (Å²) in [6, 6.07) is 5.09. The standard InChI is InChI=1S/C14H21BrFN3/c1-18-5-6-19(2)14(9-18)13(17)8-10-7-11(16)3-4-12(10)15/h3-4,7,13-14H,5-6,8-9,17H2,1-2H3. The van der Waals surface area contributed by atoms with Crippen molar-refractivity contribution in [2.45, 2.75) is 18.5 Å². The fourth-order valence-corrected chi connectivity index (χ4v) is 3.00. The SMILES string of the molecule is CN1CCN(C)C(C(N)Cc2cc(F)ccc2Br)C1. The van der Waals surface area contributed by atoms with Gasteiger partial charge >= 0.3 is 0 Å². The molecule has 1 fully saturated rings. The van der Waals surface area contributed by atoms with E-state index in [2.05, 4.69) is 39.8 Å². The van der Waals surface area contributed by atoms with Crippen LogP contribution in [0, 0.1) is 5.82 Å². The van der Waals surface area contributed by atoms with Gasteiger partial charge in [0.05, 0.1) is 0 Å². The minimum absolute atomic E-state index is 0.00542. The van der Waals surface area contributed by atoms with Crippen LogP contribution in [0.15, 0.2) is 22.7 Å². The Morgan fingerprint density at radius 3 is 2.89 bits per heavy atom. The first-order valence-corrected chi connectivity index (χ1v) is 7.35. The molecule has 3 nitrogen and oxygen atoms in total. The Hall–Kier alpha value is -0.490. The summed E-state index contributed by atoms with van der Waals surface area (Å²) in [5.41, 5.74) is 7.28. The van der Waals surface area contributed by atoms with Gasteiger partial charge < -0.3 is 10.6 Å². The molecule has 2 rings (SSSR count). The van der Waals surface area contributed by atoms with Crippen molar-refractivity contribution in [1.29, 1.82) is 0 Å². The molecule has 0 aliphatic carbocycles. The van der Waals surface area contributed by atoms with Crippen LogP contribution < -0.4 is 5.73 Å². The van der Waals surface area contributed by atoms with Crippen LogP contribution in [-0.4, -0.2) is 55.6 Å². The summed E-state index contributed by atoms with van der Waals surface area (Å²) in [7, 11) is 4.23. The molecule has 0 spiro atoms. The van der Waals surface area contributed by atoms with Crippen molar-refractivity contribution in [2.75, 3.05) is 33.7 Å². The Bertz CT molecular complexity index is 441. The molecule has 106 valence electrons. The lowest BCUT2D eigenvalue weighted by molar-refractivity contribution is 0.0973. The van der Waals surface area contributed by atoms with E-state index in [1.54, 1.807) is 12.1 Å². The second-order valence-corrected chi connectivity index (χ2v) is 6.27. The number of piperazine rings is 1. The van der Waals surface area contributed by atoms with Crippen LogP contribution in [0.4, 0.5) is 4.39 Å². The quantitative estimate of drug-likeness (QED) is 0.916. The van der Waals surface area contributed by atoms with Gasteiger partial charge in [0.2, 0.25) is 0 Å². The molecule has 2 N–H and O–H groups in total. The van der Waals surface area contributed by atoms with Crippen LogP contribution in [-0.2, 0) is 6.42 Å². The van der Waals surface area contributed by atoms with Gasteiger partial charge in [-0.3, -0.25) is 4.90 Å². The Morgan fingerprint density at radius 2 is 2.16 bits per heavy atom. The first kappa shape index (κ1) is 14.9. The molecule has 19 heavy (non-hydrogen) atoms. The number of nitrogens with two attached hydrogens (primary N) is 1. The summed E-state index contributed by atoms with van der Waals surface area (Å²) >= 11 is 3.46. The van der Waals surface area contributed by atoms with Crippen LogP contribution in [0.3, 0.4) is 0 Å². The predicted octanol–water partition coefficient (Wildman–Crippen LogP) is 1.70. The molecule has 0 aromatic heterocycles. The van der Waals surface area contributed by atoms with Gasteiger partial charge in [0.25, 0.3) is 0 Å². The molecule has 1 heterocycles. The van der Waals surface area contributed by atoms with E-state index in [9.17, 15) is 4.39 Å². The van der Waals surface area contributed by atoms with Crippen LogP contribution in [0.2, 0.25) is 0 Å². The van der Waals surface area contributed by atoms with Crippen molar-refractivity contribution in [3.8, 4) is 0 Å². The molecule has 0 radical (unpaired) electrons. The van der Waals surface area contributed by atoms with Crippen LogP contribution in [0.1, 0.15) is 5.56 Å². The van der Waals surface area contributed by atoms with E-state index in [1.165, 1.54) is 6.07 Å². The minimum Gasteiger partial charge on any atom is -0.326 e. The summed E-state index contributed by atoms with van der Waals surface area (Å²) in [6.07, 6.45) is 0.682. The largest absolute Gasteiger partial charge is 0.326 e. The van der Waals surface area contributed by atoms with Crippen LogP contribution in [0.25, 0.3) is 0 Å². The van der Waals surface area contributed by atoms with Crippen molar-refractivity contribution in [2.24, 2.45) is 5.73 Å².